The molecule has 0 saturated heterocycles. The molecule has 0 saturated carbocycles. The zero-order valence-corrected chi connectivity index (χ0v) is 11.4. The maximum Gasteiger partial charge on any atom is 0.220 e. The molecule has 96 valence electrons. The lowest BCUT2D eigenvalue weighted by molar-refractivity contribution is -0.122. The second kappa shape index (κ2) is 6.92. The van der Waals surface area contributed by atoms with Gasteiger partial charge in [0, 0.05) is 24.6 Å². The lowest BCUT2D eigenvalue weighted by Crippen LogP contribution is -2.51. The van der Waals surface area contributed by atoms with Crippen LogP contribution in [0.4, 0.5) is 0 Å². The molecule has 1 aromatic heterocycles. The molecule has 1 rings (SSSR count). The molecule has 1 N–H and O–H groups in total. The summed E-state index contributed by atoms with van der Waals surface area (Å²) in [6, 6.07) is 3.66. The molecule has 3 nitrogen and oxygen atoms in total. The van der Waals surface area contributed by atoms with Gasteiger partial charge in [0.05, 0.1) is 11.8 Å². The number of carbonyl (C=O) groups excluding carboxylic acids is 1. The van der Waals surface area contributed by atoms with Gasteiger partial charge in [0.2, 0.25) is 5.91 Å². The summed E-state index contributed by atoms with van der Waals surface area (Å²) in [6.07, 6.45) is 3.28. The molecule has 17 heavy (non-hydrogen) atoms. The van der Waals surface area contributed by atoms with Crippen LogP contribution in [0, 0.1) is 0 Å². The van der Waals surface area contributed by atoms with E-state index in [-0.39, 0.29) is 5.91 Å². The molecule has 0 aliphatic rings. The first-order valence-electron chi connectivity index (χ1n) is 5.61. The van der Waals surface area contributed by atoms with Crippen molar-refractivity contribution in [3.05, 3.63) is 24.2 Å². The van der Waals surface area contributed by atoms with Gasteiger partial charge in [-0.1, -0.05) is 6.92 Å². The first-order valence-corrected chi connectivity index (χ1v) is 6.68. The van der Waals surface area contributed by atoms with Crippen LogP contribution in [0.2, 0.25) is 0 Å². The minimum Gasteiger partial charge on any atom is -0.469 e. The van der Waals surface area contributed by atoms with Crippen LogP contribution >= 0.6 is 23.2 Å². The molecular weight excluding hydrogens is 261 g/mol. The van der Waals surface area contributed by atoms with E-state index in [1.165, 1.54) is 0 Å². The number of hydrogen-bond donors (Lipinski definition) is 1. The van der Waals surface area contributed by atoms with Crippen LogP contribution < -0.4 is 5.32 Å². The Hall–Kier alpha value is -0.670. The molecule has 0 aliphatic carbocycles. The molecule has 1 heterocycles. The third-order valence-corrected chi connectivity index (χ3v) is 3.79. The number of nitrogens with one attached hydrogen (secondary N) is 1. The van der Waals surface area contributed by atoms with Crippen molar-refractivity contribution in [2.45, 2.75) is 31.7 Å². The molecule has 0 aliphatic heterocycles. The number of hydrogen-bond acceptors (Lipinski definition) is 2. The van der Waals surface area contributed by atoms with E-state index in [0.717, 1.165) is 5.76 Å². The Morgan fingerprint density at radius 2 is 2.18 bits per heavy atom. The summed E-state index contributed by atoms with van der Waals surface area (Å²) in [5.74, 6) is 1.39. The topological polar surface area (TPSA) is 42.2 Å². The van der Waals surface area contributed by atoms with E-state index >= 15 is 0 Å². The van der Waals surface area contributed by atoms with Gasteiger partial charge in [-0.25, -0.2) is 0 Å². The minimum absolute atomic E-state index is 0.0513. The predicted octanol–water partition coefficient (Wildman–Crippen LogP) is 2.95. The van der Waals surface area contributed by atoms with Crippen LogP contribution in [0.5, 0.6) is 0 Å². The van der Waals surface area contributed by atoms with Crippen molar-refractivity contribution in [3.63, 3.8) is 0 Å². The van der Waals surface area contributed by atoms with E-state index in [0.29, 0.717) is 31.0 Å². The zero-order valence-electron chi connectivity index (χ0n) is 9.84. The average molecular weight is 278 g/mol. The molecule has 0 fully saturated rings. The highest BCUT2D eigenvalue weighted by atomic mass is 35.5. The lowest BCUT2D eigenvalue weighted by atomic mass is 10.0. The first-order chi connectivity index (χ1) is 8.15. The standard InChI is InChI=1S/C12H17Cl2NO2/c1-2-12(8-13,9-14)15-11(16)6-5-10-4-3-7-17-10/h3-4,7H,2,5-6,8-9H2,1H3,(H,15,16). The highest BCUT2D eigenvalue weighted by Gasteiger charge is 2.27. The van der Waals surface area contributed by atoms with E-state index in [2.05, 4.69) is 5.32 Å². The fourth-order valence-electron chi connectivity index (χ4n) is 1.43. The van der Waals surface area contributed by atoms with Gasteiger partial charge in [0.15, 0.2) is 0 Å². The highest BCUT2D eigenvalue weighted by molar-refractivity contribution is 6.22. The quantitative estimate of drug-likeness (QED) is 0.779. The number of amides is 1. The van der Waals surface area contributed by atoms with Crippen molar-refractivity contribution in [1.82, 2.24) is 5.32 Å². The van der Waals surface area contributed by atoms with Crippen LogP contribution in [-0.2, 0) is 11.2 Å². The van der Waals surface area contributed by atoms with Gasteiger partial charge in [-0.2, -0.15) is 0 Å². The fraction of sp³-hybridized carbons (Fsp3) is 0.583. The molecule has 0 bridgehead atoms. The third-order valence-electron chi connectivity index (χ3n) is 2.77. The van der Waals surface area contributed by atoms with Crippen LogP contribution in [0.25, 0.3) is 0 Å². The number of halogens is 2. The van der Waals surface area contributed by atoms with Gasteiger partial charge in [0.1, 0.15) is 5.76 Å². The van der Waals surface area contributed by atoms with Crippen molar-refractivity contribution in [2.24, 2.45) is 0 Å². The SMILES string of the molecule is CCC(CCl)(CCl)NC(=O)CCc1ccco1. The molecule has 0 spiro atoms. The minimum atomic E-state index is -0.497. The Kier molecular flexibility index (Phi) is 5.86. The highest BCUT2D eigenvalue weighted by Crippen LogP contribution is 2.15. The monoisotopic (exact) mass is 277 g/mol. The Morgan fingerprint density at radius 3 is 2.65 bits per heavy atom. The van der Waals surface area contributed by atoms with E-state index in [1.54, 1.807) is 12.3 Å². The summed E-state index contributed by atoms with van der Waals surface area (Å²) in [5, 5.41) is 2.90. The summed E-state index contributed by atoms with van der Waals surface area (Å²) in [6.45, 7) is 1.96. The predicted molar refractivity (Wildman–Crippen MR) is 69.6 cm³/mol. The Morgan fingerprint density at radius 1 is 1.47 bits per heavy atom. The lowest BCUT2D eigenvalue weighted by Gasteiger charge is -2.29. The second-order valence-electron chi connectivity index (χ2n) is 4.03. The third kappa shape index (κ3) is 4.25. The van der Waals surface area contributed by atoms with Crippen molar-refractivity contribution >= 4 is 29.1 Å². The van der Waals surface area contributed by atoms with Crippen LogP contribution in [0.3, 0.4) is 0 Å². The van der Waals surface area contributed by atoms with Gasteiger partial charge < -0.3 is 9.73 Å². The van der Waals surface area contributed by atoms with Gasteiger partial charge in [-0.3, -0.25) is 4.79 Å². The van der Waals surface area contributed by atoms with Gasteiger partial charge >= 0.3 is 0 Å². The molecule has 0 aromatic carbocycles. The van der Waals surface area contributed by atoms with Crippen molar-refractivity contribution in [1.29, 1.82) is 0 Å². The Bertz CT molecular complexity index is 326. The summed E-state index contributed by atoms with van der Waals surface area (Å²) < 4.78 is 5.16. The van der Waals surface area contributed by atoms with Crippen LogP contribution in [-0.4, -0.2) is 23.2 Å². The Balaban J connectivity index is 2.42. The average Bonchev–Trinajstić information content (AvgIpc) is 2.87. The largest absolute Gasteiger partial charge is 0.469 e. The first kappa shape index (κ1) is 14.4. The number of furan rings is 1. The summed E-state index contributed by atoms with van der Waals surface area (Å²) in [5.41, 5.74) is -0.497. The molecule has 5 heteroatoms. The second-order valence-corrected chi connectivity index (χ2v) is 4.56. The van der Waals surface area contributed by atoms with Crippen molar-refractivity contribution in [2.75, 3.05) is 11.8 Å². The van der Waals surface area contributed by atoms with Gasteiger partial charge in [-0.05, 0) is 18.6 Å². The van der Waals surface area contributed by atoms with E-state index in [9.17, 15) is 4.79 Å². The normalized spacial score (nSPS) is 11.5. The van der Waals surface area contributed by atoms with E-state index in [4.69, 9.17) is 27.6 Å². The van der Waals surface area contributed by atoms with Gasteiger partial charge in [-0.15, -0.1) is 23.2 Å². The molecular formula is C12H17Cl2NO2. The van der Waals surface area contributed by atoms with Crippen molar-refractivity contribution < 1.29 is 9.21 Å². The molecule has 0 unspecified atom stereocenters. The van der Waals surface area contributed by atoms with Crippen LogP contribution in [0.1, 0.15) is 25.5 Å². The number of rotatable bonds is 7. The zero-order chi connectivity index (χ0) is 12.7. The molecule has 1 amide bonds. The molecule has 1 aromatic rings. The maximum absolute atomic E-state index is 11.8. The van der Waals surface area contributed by atoms with Gasteiger partial charge in [0.25, 0.3) is 0 Å². The summed E-state index contributed by atoms with van der Waals surface area (Å²) >= 11 is 11.7. The Labute approximate surface area is 111 Å². The van der Waals surface area contributed by atoms with Crippen LogP contribution in [0.15, 0.2) is 22.8 Å². The smallest absolute Gasteiger partial charge is 0.220 e. The number of aryl methyl sites for hydroxylation is 1. The fourth-order valence-corrected chi connectivity index (χ4v) is 2.23. The number of alkyl halides is 2. The van der Waals surface area contributed by atoms with E-state index in [1.807, 2.05) is 13.0 Å². The maximum atomic E-state index is 11.8. The molecule has 0 atom stereocenters. The number of carbonyl (C=O) groups is 1. The van der Waals surface area contributed by atoms with Crippen molar-refractivity contribution in [3.8, 4) is 0 Å². The summed E-state index contributed by atoms with van der Waals surface area (Å²) in [4.78, 5) is 11.8. The summed E-state index contributed by atoms with van der Waals surface area (Å²) in [7, 11) is 0. The molecule has 0 radical (unpaired) electrons. The van der Waals surface area contributed by atoms with E-state index < -0.39 is 5.54 Å².